The topological polar surface area (TPSA) is 79.4 Å². The van der Waals surface area contributed by atoms with Crippen molar-refractivity contribution in [3.05, 3.63) is 30.1 Å². The first-order chi connectivity index (χ1) is 11.5. The predicted molar refractivity (Wildman–Crippen MR) is 91.5 cm³/mol. The third-order valence-electron chi connectivity index (χ3n) is 5.22. The van der Waals surface area contributed by atoms with Crippen molar-refractivity contribution < 1.29 is 13.2 Å². The Morgan fingerprint density at radius 2 is 2.17 bits per heavy atom. The van der Waals surface area contributed by atoms with Crippen molar-refractivity contribution in [2.45, 2.75) is 39.2 Å². The van der Waals surface area contributed by atoms with E-state index in [-0.39, 0.29) is 23.0 Å². The van der Waals surface area contributed by atoms with Gasteiger partial charge < -0.3 is 5.32 Å². The number of carbonyl (C=O) groups is 1. The Morgan fingerprint density at radius 1 is 1.42 bits per heavy atom. The fraction of sp³-hybridized carbons (Fsp3) is 0.647. The minimum Gasteiger partial charge on any atom is -0.352 e. The number of nitrogens with zero attached hydrogens (tertiary/aromatic N) is 2. The molecule has 0 aromatic carbocycles. The Morgan fingerprint density at radius 3 is 2.88 bits per heavy atom. The van der Waals surface area contributed by atoms with E-state index in [9.17, 15) is 13.2 Å². The fourth-order valence-electron chi connectivity index (χ4n) is 3.53. The second-order valence-corrected chi connectivity index (χ2v) is 9.03. The number of hydrogen-bond acceptors (Lipinski definition) is 4. The molecular weight excluding hydrogens is 326 g/mol. The van der Waals surface area contributed by atoms with E-state index in [4.69, 9.17) is 0 Å². The minimum atomic E-state index is -3.16. The third-order valence-corrected chi connectivity index (χ3v) is 7.12. The number of aromatic nitrogens is 1. The summed E-state index contributed by atoms with van der Waals surface area (Å²) in [6.07, 6.45) is 6.58. The van der Waals surface area contributed by atoms with Crippen molar-refractivity contribution in [2.75, 3.05) is 18.8 Å². The van der Waals surface area contributed by atoms with Gasteiger partial charge in [-0.2, -0.15) is 0 Å². The molecule has 2 atom stereocenters. The lowest BCUT2D eigenvalue weighted by atomic mass is 10.0. The fourth-order valence-corrected chi connectivity index (χ4v) is 5.27. The number of rotatable bonds is 7. The normalized spacial score (nSPS) is 26.6. The number of hydrogen-bond donors (Lipinski definition) is 1. The van der Waals surface area contributed by atoms with Crippen LogP contribution in [0.4, 0.5) is 0 Å². The second kappa shape index (κ2) is 6.80. The van der Waals surface area contributed by atoms with Gasteiger partial charge in [-0.3, -0.25) is 9.78 Å². The molecule has 0 unspecified atom stereocenters. The van der Waals surface area contributed by atoms with Crippen molar-refractivity contribution >= 4 is 15.9 Å². The van der Waals surface area contributed by atoms with Crippen molar-refractivity contribution in [3.8, 4) is 0 Å². The molecule has 1 aliphatic heterocycles. The van der Waals surface area contributed by atoms with Crippen molar-refractivity contribution in [1.29, 1.82) is 0 Å². The first-order valence-corrected chi connectivity index (χ1v) is 10.2. The molecule has 1 aliphatic carbocycles. The molecular formula is C17H25N3O3S. The second-order valence-electron chi connectivity index (χ2n) is 6.95. The zero-order chi connectivity index (χ0) is 17.2. The first kappa shape index (κ1) is 17.4. The molecule has 1 aromatic rings. The average molecular weight is 351 g/mol. The molecule has 1 spiro atoms. The van der Waals surface area contributed by atoms with Crippen LogP contribution in [-0.2, 0) is 21.4 Å². The molecule has 0 bridgehead atoms. The van der Waals surface area contributed by atoms with Gasteiger partial charge in [0.25, 0.3) is 0 Å². The summed E-state index contributed by atoms with van der Waals surface area (Å²) in [5, 5.41) is 2.97. The Bertz CT molecular complexity index is 692. The summed E-state index contributed by atoms with van der Waals surface area (Å²) >= 11 is 0. The molecule has 2 heterocycles. The maximum Gasteiger partial charge on any atom is 0.224 e. The number of sulfonamides is 1. The molecule has 1 saturated carbocycles. The molecule has 2 aliphatic rings. The highest BCUT2D eigenvalue weighted by molar-refractivity contribution is 7.89. The standard InChI is InChI=1S/C17H25N3O3S/c1-2-3-10-24(22,23)20-9-6-17(13-20)11-15(17)16(21)19-12-14-4-7-18-8-5-14/h4-5,7-8,15H,2-3,6,9-13H2,1H3,(H,19,21)/t15-,17-/m0/s1. The van der Waals surface area contributed by atoms with Crippen LogP contribution >= 0.6 is 0 Å². The van der Waals surface area contributed by atoms with E-state index < -0.39 is 10.0 Å². The van der Waals surface area contributed by atoms with E-state index in [1.165, 1.54) is 0 Å². The summed E-state index contributed by atoms with van der Waals surface area (Å²) in [5.74, 6) is 0.212. The van der Waals surface area contributed by atoms with Crippen LogP contribution in [0, 0.1) is 11.3 Å². The number of unbranched alkanes of at least 4 members (excludes halogenated alkanes) is 1. The number of nitrogens with one attached hydrogen (secondary N) is 1. The lowest BCUT2D eigenvalue weighted by Gasteiger charge is -2.16. The molecule has 1 saturated heterocycles. The molecule has 7 heteroatoms. The molecule has 1 amide bonds. The highest BCUT2D eigenvalue weighted by Crippen LogP contribution is 2.58. The maximum absolute atomic E-state index is 12.4. The van der Waals surface area contributed by atoms with Gasteiger partial charge in [0, 0.05) is 37.9 Å². The van der Waals surface area contributed by atoms with Crippen molar-refractivity contribution in [1.82, 2.24) is 14.6 Å². The van der Waals surface area contributed by atoms with Gasteiger partial charge in [0.1, 0.15) is 0 Å². The van der Waals surface area contributed by atoms with Crippen LogP contribution in [0.2, 0.25) is 0 Å². The zero-order valence-corrected chi connectivity index (χ0v) is 14.9. The van der Waals surface area contributed by atoms with Gasteiger partial charge in [-0.15, -0.1) is 0 Å². The quantitative estimate of drug-likeness (QED) is 0.808. The van der Waals surface area contributed by atoms with Gasteiger partial charge in [-0.05, 0) is 42.4 Å². The number of carbonyl (C=O) groups excluding carboxylic acids is 1. The van der Waals surface area contributed by atoms with Crippen LogP contribution in [0.3, 0.4) is 0 Å². The van der Waals surface area contributed by atoms with Crippen molar-refractivity contribution in [2.24, 2.45) is 11.3 Å². The van der Waals surface area contributed by atoms with Crippen LogP contribution in [-0.4, -0.2) is 42.5 Å². The highest BCUT2D eigenvalue weighted by atomic mass is 32.2. The lowest BCUT2D eigenvalue weighted by Crippen LogP contribution is -2.32. The van der Waals surface area contributed by atoms with Gasteiger partial charge in [-0.1, -0.05) is 13.3 Å². The van der Waals surface area contributed by atoms with Gasteiger partial charge >= 0.3 is 0 Å². The van der Waals surface area contributed by atoms with Crippen molar-refractivity contribution in [3.63, 3.8) is 0 Å². The van der Waals surface area contributed by atoms with E-state index in [0.717, 1.165) is 24.8 Å². The smallest absolute Gasteiger partial charge is 0.224 e. The van der Waals surface area contributed by atoms with E-state index in [1.54, 1.807) is 16.7 Å². The van der Waals surface area contributed by atoms with Crippen LogP contribution in [0.1, 0.15) is 38.2 Å². The Kier molecular flexibility index (Phi) is 4.92. The van der Waals surface area contributed by atoms with E-state index in [2.05, 4.69) is 10.3 Å². The Balaban J connectivity index is 1.52. The van der Waals surface area contributed by atoms with Gasteiger partial charge in [0.2, 0.25) is 15.9 Å². The summed E-state index contributed by atoms with van der Waals surface area (Å²) in [6, 6.07) is 3.75. The highest BCUT2D eigenvalue weighted by Gasteiger charge is 2.61. The number of pyridine rings is 1. The van der Waals surface area contributed by atoms with Crippen LogP contribution in [0.15, 0.2) is 24.5 Å². The number of amides is 1. The summed E-state index contributed by atoms with van der Waals surface area (Å²) < 4.78 is 26.2. The third kappa shape index (κ3) is 3.62. The average Bonchev–Trinajstić information content (AvgIpc) is 3.11. The predicted octanol–water partition coefficient (Wildman–Crippen LogP) is 1.54. The summed E-state index contributed by atoms with van der Waals surface area (Å²) in [5.41, 5.74) is 0.893. The van der Waals surface area contributed by atoms with Crippen LogP contribution in [0.5, 0.6) is 0 Å². The largest absolute Gasteiger partial charge is 0.352 e. The monoisotopic (exact) mass is 351 g/mol. The summed E-state index contributed by atoms with van der Waals surface area (Å²) in [4.78, 5) is 16.3. The summed E-state index contributed by atoms with van der Waals surface area (Å²) in [7, 11) is -3.16. The Labute approximate surface area is 143 Å². The molecule has 24 heavy (non-hydrogen) atoms. The van der Waals surface area contributed by atoms with Crippen LogP contribution < -0.4 is 5.32 Å². The Hall–Kier alpha value is -1.47. The van der Waals surface area contributed by atoms with Gasteiger partial charge in [0.05, 0.1) is 5.75 Å². The van der Waals surface area contributed by atoms with Gasteiger partial charge in [-0.25, -0.2) is 12.7 Å². The van der Waals surface area contributed by atoms with E-state index in [1.807, 2.05) is 19.1 Å². The van der Waals surface area contributed by atoms with E-state index >= 15 is 0 Å². The van der Waals surface area contributed by atoms with Crippen LogP contribution in [0.25, 0.3) is 0 Å². The molecule has 2 fully saturated rings. The molecule has 1 aromatic heterocycles. The molecule has 3 rings (SSSR count). The summed E-state index contributed by atoms with van der Waals surface area (Å²) in [6.45, 7) is 3.55. The first-order valence-electron chi connectivity index (χ1n) is 8.61. The molecule has 132 valence electrons. The zero-order valence-electron chi connectivity index (χ0n) is 14.1. The molecule has 1 N–H and O–H groups in total. The molecule has 0 radical (unpaired) electrons. The molecule has 6 nitrogen and oxygen atoms in total. The maximum atomic E-state index is 12.4. The lowest BCUT2D eigenvalue weighted by molar-refractivity contribution is -0.123. The van der Waals surface area contributed by atoms with Gasteiger partial charge in [0.15, 0.2) is 0 Å². The minimum absolute atomic E-state index is 0.0413. The van der Waals surface area contributed by atoms with E-state index in [0.29, 0.717) is 26.1 Å². The SMILES string of the molecule is CCCCS(=O)(=O)N1CC[C@]2(C[C@H]2C(=O)NCc2ccncc2)C1.